The van der Waals surface area contributed by atoms with Crippen LogP contribution >= 0.6 is 15.9 Å². The monoisotopic (exact) mass is 327 g/mol. The van der Waals surface area contributed by atoms with Crippen molar-refractivity contribution in [2.45, 2.75) is 13.2 Å². The van der Waals surface area contributed by atoms with E-state index in [0.29, 0.717) is 15.8 Å². The Balaban J connectivity index is 2.10. The van der Waals surface area contributed by atoms with Crippen molar-refractivity contribution in [1.82, 2.24) is 0 Å². The topological polar surface area (TPSA) is 35.2 Å². The molecular formula is C14H12BrF2NO. The molecule has 0 amide bonds. The van der Waals surface area contributed by atoms with Crippen LogP contribution in [0.4, 0.5) is 8.78 Å². The fourth-order valence-electron chi connectivity index (χ4n) is 1.65. The molecule has 0 aliphatic rings. The largest absolute Gasteiger partial charge is 0.489 e. The van der Waals surface area contributed by atoms with Gasteiger partial charge in [-0.3, -0.25) is 0 Å². The fourth-order valence-corrected chi connectivity index (χ4v) is 2.10. The Hall–Kier alpha value is -1.46. The lowest BCUT2D eigenvalue weighted by Crippen LogP contribution is -2.03. The number of ether oxygens (including phenoxy) is 1. The standard InChI is InChI=1S/C14H12BrF2NO/c15-11-4-12(16)6-13(5-11)19-8-9-1-2-14(17)10(3-9)7-18/h1-6H,7-8,18H2. The van der Waals surface area contributed by atoms with Crippen LogP contribution in [0.15, 0.2) is 40.9 Å². The molecule has 0 aliphatic heterocycles. The number of hydrogen-bond donors (Lipinski definition) is 1. The maximum absolute atomic E-state index is 13.3. The second kappa shape index (κ2) is 6.12. The van der Waals surface area contributed by atoms with Gasteiger partial charge in [0.25, 0.3) is 0 Å². The summed E-state index contributed by atoms with van der Waals surface area (Å²) in [6.07, 6.45) is 0. The molecule has 0 atom stereocenters. The number of halogens is 3. The summed E-state index contributed by atoms with van der Waals surface area (Å²) in [6.45, 7) is 0.356. The second-order valence-corrected chi connectivity index (χ2v) is 4.94. The van der Waals surface area contributed by atoms with Gasteiger partial charge in [-0.15, -0.1) is 0 Å². The molecule has 19 heavy (non-hydrogen) atoms. The zero-order chi connectivity index (χ0) is 13.8. The third-order valence-corrected chi connectivity index (χ3v) is 3.03. The molecule has 0 aromatic heterocycles. The van der Waals surface area contributed by atoms with Crippen LogP contribution in [0.25, 0.3) is 0 Å². The van der Waals surface area contributed by atoms with Gasteiger partial charge in [-0.2, -0.15) is 0 Å². The molecule has 0 unspecified atom stereocenters. The lowest BCUT2D eigenvalue weighted by atomic mass is 10.1. The Morgan fingerprint density at radius 3 is 2.58 bits per heavy atom. The first-order chi connectivity index (χ1) is 9.08. The minimum absolute atomic E-state index is 0.130. The van der Waals surface area contributed by atoms with Crippen molar-refractivity contribution in [2.75, 3.05) is 0 Å². The van der Waals surface area contributed by atoms with E-state index in [4.69, 9.17) is 10.5 Å². The van der Waals surface area contributed by atoms with E-state index in [2.05, 4.69) is 15.9 Å². The Bertz CT molecular complexity index is 569. The van der Waals surface area contributed by atoms with E-state index in [9.17, 15) is 8.78 Å². The van der Waals surface area contributed by atoms with E-state index >= 15 is 0 Å². The van der Waals surface area contributed by atoms with E-state index in [0.717, 1.165) is 5.56 Å². The van der Waals surface area contributed by atoms with Crippen LogP contribution in [-0.2, 0) is 13.2 Å². The lowest BCUT2D eigenvalue weighted by molar-refractivity contribution is 0.304. The number of benzene rings is 2. The summed E-state index contributed by atoms with van der Waals surface area (Å²) in [5.74, 6) is -0.309. The number of nitrogens with two attached hydrogens (primary N) is 1. The Kier molecular flexibility index (Phi) is 4.50. The maximum atomic E-state index is 13.3. The highest BCUT2D eigenvalue weighted by Gasteiger charge is 2.04. The summed E-state index contributed by atoms with van der Waals surface area (Å²) < 4.78 is 32.5. The van der Waals surface area contributed by atoms with Gasteiger partial charge in [-0.1, -0.05) is 22.0 Å². The first-order valence-electron chi connectivity index (χ1n) is 5.65. The Labute approximate surface area is 118 Å². The lowest BCUT2D eigenvalue weighted by Gasteiger charge is -2.08. The van der Waals surface area contributed by atoms with Gasteiger partial charge in [0.05, 0.1) is 0 Å². The second-order valence-electron chi connectivity index (χ2n) is 4.02. The highest BCUT2D eigenvalue weighted by molar-refractivity contribution is 9.10. The molecule has 100 valence electrons. The van der Waals surface area contributed by atoms with E-state index in [1.807, 2.05) is 0 Å². The average molecular weight is 328 g/mol. The van der Waals surface area contributed by atoms with Gasteiger partial charge in [-0.05, 0) is 29.8 Å². The van der Waals surface area contributed by atoms with Crippen molar-refractivity contribution in [2.24, 2.45) is 5.73 Å². The molecule has 2 aromatic rings. The summed E-state index contributed by atoms with van der Waals surface area (Å²) >= 11 is 3.19. The van der Waals surface area contributed by atoms with Crippen molar-refractivity contribution in [3.63, 3.8) is 0 Å². The molecule has 0 heterocycles. The van der Waals surface area contributed by atoms with Crippen molar-refractivity contribution in [1.29, 1.82) is 0 Å². The summed E-state index contributed by atoms with van der Waals surface area (Å²) in [5, 5.41) is 0. The average Bonchev–Trinajstić information content (AvgIpc) is 2.36. The molecule has 2 N–H and O–H groups in total. The molecule has 0 aliphatic carbocycles. The maximum Gasteiger partial charge on any atom is 0.128 e. The number of hydrogen-bond acceptors (Lipinski definition) is 2. The van der Waals surface area contributed by atoms with Crippen LogP contribution in [0.2, 0.25) is 0 Å². The van der Waals surface area contributed by atoms with Crippen LogP contribution < -0.4 is 10.5 Å². The third kappa shape index (κ3) is 3.75. The van der Waals surface area contributed by atoms with Crippen LogP contribution in [0.1, 0.15) is 11.1 Å². The van der Waals surface area contributed by atoms with Crippen molar-refractivity contribution in [3.05, 3.63) is 63.6 Å². The van der Waals surface area contributed by atoms with Crippen LogP contribution in [0.5, 0.6) is 5.75 Å². The first kappa shape index (κ1) is 14.0. The fraction of sp³-hybridized carbons (Fsp3) is 0.143. The van der Waals surface area contributed by atoms with Crippen LogP contribution in [0.3, 0.4) is 0 Å². The smallest absolute Gasteiger partial charge is 0.128 e. The number of rotatable bonds is 4. The van der Waals surface area contributed by atoms with Crippen LogP contribution in [-0.4, -0.2) is 0 Å². The van der Waals surface area contributed by atoms with Crippen LogP contribution in [0, 0.1) is 11.6 Å². The molecule has 2 aromatic carbocycles. The zero-order valence-corrected chi connectivity index (χ0v) is 11.6. The molecule has 0 saturated heterocycles. The highest BCUT2D eigenvalue weighted by Crippen LogP contribution is 2.21. The SMILES string of the molecule is NCc1cc(COc2cc(F)cc(Br)c2)ccc1F. The van der Waals surface area contributed by atoms with E-state index in [-0.39, 0.29) is 24.8 Å². The molecular weight excluding hydrogens is 316 g/mol. The normalized spacial score (nSPS) is 10.5. The summed E-state index contributed by atoms with van der Waals surface area (Å²) in [7, 11) is 0. The molecule has 5 heteroatoms. The molecule has 0 fully saturated rings. The molecule has 0 radical (unpaired) electrons. The van der Waals surface area contributed by atoms with E-state index < -0.39 is 0 Å². The minimum Gasteiger partial charge on any atom is -0.489 e. The third-order valence-electron chi connectivity index (χ3n) is 2.57. The quantitative estimate of drug-likeness (QED) is 0.927. The molecule has 0 bridgehead atoms. The summed E-state index contributed by atoms with van der Waals surface area (Å²) in [4.78, 5) is 0. The van der Waals surface area contributed by atoms with Gasteiger partial charge in [0.15, 0.2) is 0 Å². The van der Waals surface area contributed by atoms with Gasteiger partial charge in [-0.25, -0.2) is 8.78 Å². The first-order valence-corrected chi connectivity index (χ1v) is 6.44. The Morgan fingerprint density at radius 1 is 1.11 bits per heavy atom. The van der Waals surface area contributed by atoms with Gasteiger partial charge in [0.2, 0.25) is 0 Å². The minimum atomic E-state index is -0.383. The predicted octanol–water partition coefficient (Wildman–Crippen LogP) is 3.77. The van der Waals surface area contributed by atoms with Gasteiger partial charge >= 0.3 is 0 Å². The van der Waals surface area contributed by atoms with Gasteiger partial charge in [0, 0.05) is 22.6 Å². The summed E-state index contributed by atoms with van der Waals surface area (Å²) in [6, 6.07) is 8.90. The molecule has 0 saturated carbocycles. The van der Waals surface area contributed by atoms with Crippen molar-refractivity contribution >= 4 is 15.9 Å². The molecule has 2 rings (SSSR count). The highest BCUT2D eigenvalue weighted by atomic mass is 79.9. The summed E-state index contributed by atoms with van der Waals surface area (Å²) in [5.41, 5.74) is 6.64. The predicted molar refractivity (Wildman–Crippen MR) is 72.7 cm³/mol. The zero-order valence-electron chi connectivity index (χ0n) is 10.00. The molecule has 2 nitrogen and oxygen atoms in total. The van der Waals surface area contributed by atoms with Crippen molar-refractivity contribution < 1.29 is 13.5 Å². The van der Waals surface area contributed by atoms with Gasteiger partial charge in [0.1, 0.15) is 24.0 Å². The molecule has 0 spiro atoms. The Morgan fingerprint density at radius 2 is 1.89 bits per heavy atom. The van der Waals surface area contributed by atoms with Crippen molar-refractivity contribution in [3.8, 4) is 5.75 Å². The van der Waals surface area contributed by atoms with E-state index in [1.54, 1.807) is 18.2 Å². The van der Waals surface area contributed by atoms with E-state index in [1.165, 1.54) is 18.2 Å². The van der Waals surface area contributed by atoms with Gasteiger partial charge < -0.3 is 10.5 Å².